The van der Waals surface area contributed by atoms with Crippen LogP contribution < -0.4 is 5.32 Å². The average Bonchev–Trinajstić information content (AvgIpc) is 3.03. The van der Waals surface area contributed by atoms with E-state index in [4.69, 9.17) is 5.41 Å². The zero-order valence-corrected chi connectivity index (χ0v) is 14.8. The van der Waals surface area contributed by atoms with Crippen LogP contribution in [0.3, 0.4) is 0 Å². The van der Waals surface area contributed by atoms with Gasteiger partial charge in [0.2, 0.25) is 0 Å². The molecule has 2 fully saturated rings. The van der Waals surface area contributed by atoms with Crippen molar-refractivity contribution >= 4 is 28.6 Å². The fraction of sp³-hybridized carbons (Fsp3) is 0.500. The predicted octanol–water partition coefficient (Wildman–Crippen LogP) is 3.97. The number of nitrogens with zero attached hydrogens (tertiary/aromatic N) is 2. The molecule has 0 aromatic carbocycles. The fourth-order valence-corrected chi connectivity index (χ4v) is 4.55. The van der Waals surface area contributed by atoms with Gasteiger partial charge in [0.05, 0.1) is 16.8 Å². The fourth-order valence-electron chi connectivity index (χ4n) is 3.56. The first kappa shape index (κ1) is 15.6. The summed E-state index contributed by atoms with van der Waals surface area (Å²) >= 11 is 1.55. The van der Waals surface area contributed by atoms with Gasteiger partial charge in [-0.25, -0.2) is 0 Å². The van der Waals surface area contributed by atoms with Gasteiger partial charge in [-0.1, -0.05) is 6.42 Å². The summed E-state index contributed by atoms with van der Waals surface area (Å²) in [6.45, 7) is 2.09. The summed E-state index contributed by atoms with van der Waals surface area (Å²) < 4.78 is 1.67. The molecule has 24 heavy (non-hydrogen) atoms. The first-order valence-corrected chi connectivity index (χ1v) is 9.33. The third-order valence-corrected chi connectivity index (χ3v) is 6.34. The summed E-state index contributed by atoms with van der Waals surface area (Å²) in [5.41, 5.74) is 2.94. The Hall–Kier alpha value is -1.95. The Kier molecular flexibility index (Phi) is 3.79. The lowest BCUT2D eigenvalue weighted by molar-refractivity contribution is 0.103. The second-order valence-electron chi connectivity index (χ2n) is 7.01. The Balaban J connectivity index is 1.45. The molecule has 2 aliphatic rings. The van der Waals surface area contributed by atoms with E-state index in [2.05, 4.69) is 17.3 Å². The van der Waals surface area contributed by atoms with Gasteiger partial charge >= 0.3 is 0 Å². The molecular formula is C18H22N4OS. The van der Waals surface area contributed by atoms with E-state index in [1.54, 1.807) is 28.4 Å². The molecule has 0 aliphatic heterocycles. The predicted molar refractivity (Wildman–Crippen MR) is 96.1 cm³/mol. The van der Waals surface area contributed by atoms with E-state index in [-0.39, 0.29) is 5.91 Å². The highest BCUT2D eigenvalue weighted by Crippen LogP contribution is 2.53. The normalized spacial score (nSPS) is 22.9. The molecule has 0 bridgehead atoms. The standard InChI is InChI=1S/C18H22N4OS/c1-10-13(14-6-15(14)17(19)11-4-3-5-11)7-16(24-10)18(23)21-12-8-20-22(2)9-12/h7-9,11,14-15,19H,3-6H2,1-2H3,(H,21,23). The maximum atomic E-state index is 12.4. The van der Waals surface area contributed by atoms with E-state index in [9.17, 15) is 4.79 Å². The third kappa shape index (κ3) is 2.79. The molecule has 2 aliphatic carbocycles. The summed E-state index contributed by atoms with van der Waals surface area (Å²) in [5.74, 6) is 1.33. The minimum atomic E-state index is -0.0754. The summed E-state index contributed by atoms with van der Waals surface area (Å²) in [6.07, 6.45) is 8.19. The van der Waals surface area contributed by atoms with Gasteiger partial charge in [0.15, 0.2) is 0 Å². The zero-order chi connectivity index (χ0) is 16.8. The second kappa shape index (κ2) is 5.84. The molecule has 126 valence electrons. The Bertz CT molecular complexity index is 802. The van der Waals surface area contributed by atoms with Crippen LogP contribution in [0.15, 0.2) is 18.5 Å². The van der Waals surface area contributed by atoms with Crippen molar-refractivity contribution in [3.63, 3.8) is 0 Å². The molecule has 5 nitrogen and oxygen atoms in total. The summed E-state index contributed by atoms with van der Waals surface area (Å²) in [4.78, 5) is 14.4. The van der Waals surface area contributed by atoms with Gasteiger partial charge in [-0.05, 0) is 49.7 Å². The molecular weight excluding hydrogens is 320 g/mol. The number of thiophene rings is 1. The van der Waals surface area contributed by atoms with Crippen molar-refractivity contribution in [1.29, 1.82) is 5.41 Å². The highest BCUT2D eigenvalue weighted by atomic mass is 32.1. The number of anilines is 1. The molecule has 4 rings (SSSR count). The Morgan fingerprint density at radius 1 is 1.46 bits per heavy atom. The summed E-state index contributed by atoms with van der Waals surface area (Å²) in [5, 5.41) is 15.3. The van der Waals surface area contributed by atoms with E-state index in [0.717, 1.165) is 17.0 Å². The summed E-state index contributed by atoms with van der Waals surface area (Å²) in [7, 11) is 1.83. The minimum absolute atomic E-state index is 0.0754. The topological polar surface area (TPSA) is 70.8 Å². The molecule has 0 saturated heterocycles. The van der Waals surface area contributed by atoms with Gasteiger partial charge in [-0.3, -0.25) is 9.48 Å². The van der Waals surface area contributed by atoms with E-state index in [1.165, 1.54) is 29.7 Å². The van der Waals surface area contributed by atoms with Crippen molar-refractivity contribution in [2.45, 2.75) is 38.5 Å². The number of aromatic nitrogens is 2. The van der Waals surface area contributed by atoms with Gasteiger partial charge in [0.1, 0.15) is 0 Å². The number of hydrogen-bond acceptors (Lipinski definition) is 4. The minimum Gasteiger partial charge on any atom is -0.319 e. The molecule has 2 N–H and O–H groups in total. The summed E-state index contributed by atoms with van der Waals surface area (Å²) in [6, 6.07) is 2.03. The van der Waals surface area contributed by atoms with E-state index in [0.29, 0.717) is 23.4 Å². The van der Waals surface area contributed by atoms with Gasteiger partial charge in [-0.15, -0.1) is 11.3 Å². The number of amides is 1. The molecule has 2 unspecified atom stereocenters. The molecule has 0 radical (unpaired) electrons. The second-order valence-corrected chi connectivity index (χ2v) is 8.27. The zero-order valence-electron chi connectivity index (χ0n) is 14.0. The number of carbonyl (C=O) groups excluding carboxylic acids is 1. The van der Waals surface area contributed by atoms with Crippen LogP contribution in [0.25, 0.3) is 0 Å². The Labute approximate surface area is 145 Å². The lowest BCUT2D eigenvalue weighted by atomic mass is 9.79. The lowest BCUT2D eigenvalue weighted by Gasteiger charge is -2.26. The van der Waals surface area contributed by atoms with Gasteiger partial charge in [0.25, 0.3) is 5.91 Å². The van der Waals surface area contributed by atoms with Crippen molar-refractivity contribution in [1.82, 2.24) is 9.78 Å². The lowest BCUT2D eigenvalue weighted by Crippen LogP contribution is -2.23. The largest absolute Gasteiger partial charge is 0.319 e. The van der Waals surface area contributed by atoms with E-state index in [1.807, 2.05) is 13.1 Å². The molecule has 2 saturated carbocycles. The first-order valence-electron chi connectivity index (χ1n) is 8.51. The van der Waals surface area contributed by atoms with Crippen LogP contribution in [0.1, 0.15) is 51.7 Å². The Morgan fingerprint density at radius 3 is 2.88 bits per heavy atom. The highest BCUT2D eigenvalue weighted by molar-refractivity contribution is 7.14. The van der Waals surface area contributed by atoms with Crippen molar-refractivity contribution in [3.8, 4) is 0 Å². The maximum Gasteiger partial charge on any atom is 0.265 e. The molecule has 0 spiro atoms. The Morgan fingerprint density at radius 2 is 2.25 bits per heavy atom. The molecule has 1 amide bonds. The monoisotopic (exact) mass is 342 g/mol. The number of nitrogens with one attached hydrogen (secondary N) is 2. The van der Waals surface area contributed by atoms with Gasteiger partial charge in [0, 0.05) is 29.8 Å². The molecule has 2 atom stereocenters. The molecule has 2 heterocycles. The quantitative estimate of drug-likeness (QED) is 0.807. The molecule has 2 aromatic heterocycles. The van der Waals surface area contributed by atoms with Crippen LogP contribution in [0.5, 0.6) is 0 Å². The van der Waals surface area contributed by atoms with Crippen molar-refractivity contribution < 1.29 is 4.79 Å². The van der Waals surface area contributed by atoms with Crippen molar-refractivity contribution in [2.24, 2.45) is 18.9 Å². The number of rotatable bonds is 5. The smallest absolute Gasteiger partial charge is 0.265 e. The van der Waals surface area contributed by atoms with Crippen molar-refractivity contribution in [3.05, 3.63) is 33.8 Å². The SMILES string of the molecule is Cc1sc(C(=O)Nc2cnn(C)c2)cc1C1CC1C(=N)C1CCC1. The third-order valence-electron chi connectivity index (χ3n) is 5.28. The van der Waals surface area contributed by atoms with Crippen LogP contribution in [-0.2, 0) is 7.05 Å². The van der Waals surface area contributed by atoms with Gasteiger partial charge < -0.3 is 10.7 Å². The molecule has 2 aromatic rings. The van der Waals surface area contributed by atoms with Crippen LogP contribution in [0.4, 0.5) is 5.69 Å². The van der Waals surface area contributed by atoms with E-state index >= 15 is 0 Å². The van der Waals surface area contributed by atoms with Gasteiger partial charge in [-0.2, -0.15) is 5.10 Å². The van der Waals surface area contributed by atoms with E-state index < -0.39 is 0 Å². The van der Waals surface area contributed by atoms with Crippen LogP contribution in [0, 0.1) is 24.2 Å². The average molecular weight is 342 g/mol. The molecule has 6 heteroatoms. The van der Waals surface area contributed by atoms with Crippen LogP contribution in [-0.4, -0.2) is 21.4 Å². The number of aryl methyl sites for hydroxylation is 2. The van der Waals surface area contributed by atoms with Crippen molar-refractivity contribution in [2.75, 3.05) is 5.32 Å². The maximum absolute atomic E-state index is 12.4. The van der Waals surface area contributed by atoms with Crippen LogP contribution >= 0.6 is 11.3 Å². The van der Waals surface area contributed by atoms with Crippen LogP contribution in [0.2, 0.25) is 0 Å². The number of hydrogen-bond donors (Lipinski definition) is 2. The first-order chi connectivity index (χ1) is 11.5. The highest BCUT2D eigenvalue weighted by Gasteiger charge is 2.45. The number of carbonyl (C=O) groups is 1.